The number of hydrogen-bond donors (Lipinski definition) is 4. The summed E-state index contributed by atoms with van der Waals surface area (Å²) in [6, 6.07) is 20.7. The van der Waals surface area contributed by atoms with E-state index in [9.17, 15) is 33.6 Å². The standard InChI is InChI=1S/C33H38N3O11P/c1-22(2)30(36-33(42)44-20-24-13-7-4-8-14-24)32(41)34-23(3)31(40)35-27(19-29(38)39)28(37)21-45-48(43,46-25-15-9-5-10-16-25)47-26-17-11-6-12-18-26/h4-18,22-23,27,30H,19-21H2,1-3H3,(H,34,41)(H,35,40)(H,36,42)(H,38,39)/t23-,27-,30-/m0/s1. The second-order valence-corrected chi connectivity index (χ2v) is 12.3. The van der Waals surface area contributed by atoms with Gasteiger partial charge in [-0.2, -0.15) is 0 Å². The van der Waals surface area contributed by atoms with Gasteiger partial charge in [0.1, 0.15) is 42.8 Å². The van der Waals surface area contributed by atoms with Crippen molar-refractivity contribution < 1.29 is 52.0 Å². The molecule has 3 atom stereocenters. The number of carbonyl (C=O) groups excluding carboxylic acids is 4. The second-order valence-electron chi connectivity index (χ2n) is 10.8. The number of rotatable bonds is 18. The molecule has 0 aliphatic rings. The van der Waals surface area contributed by atoms with Crippen molar-refractivity contribution in [1.82, 2.24) is 16.0 Å². The molecule has 0 bridgehead atoms. The first-order chi connectivity index (χ1) is 22.8. The highest BCUT2D eigenvalue weighted by Crippen LogP contribution is 2.49. The lowest BCUT2D eigenvalue weighted by atomic mass is 10.0. The Kier molecular flexibility index (Phi) is 14.1. The fourth-order valence-electron chi connectivity index (χ4n) is 4.05. The number of ether oxygens (including phenoxy) is 1. The number of benzene rings is 3. The summed E-state index contributed by atoms with van der Waals surface area (Å²) in [5.74, 6) is -4.18. The Balaban J connectivity index is 1.62. The van der Waals surface area contributed by atoms with Crippen molar-refractivity contribution in [2.24, 2.45) is 5.92 Å². The Bertz CT molecular complexity index is 1530. The molecular weight excluding hydrogens is 645 g/mol. The molecule has 0 aliphatic heterocycles. The molecule has 0 saturated carbocycles. The third-order valence-corrected chi connectivity index (χ3v) is 7.87. The number of ketones is 1. The lowest BCUT2D eigenvalue weighted by Crippen LogP contribution is -2.56. The third-order valence-electron chi connectivity index (χ3n) is 6.56. The van der Waals surface area contributed by atoms with E-state index in [1.54, 1.807) is 74.5 Å². The minimum Gasteiger partial charge on any atom is -0.481 e. The zero-order chi connectivity index (χ0) is 35.1. The van der Waals surface area contributed by atoms with Crippen molar-refractivity contribution in [2.45, 2.75) is 51.9 Å². The lowest BCUT2D eigenvalue weighted by molar-refractivity contribution is -0.141. The van der Waals surface area contributed by atoms with E-state index in [1.165, 1.54) is 31.2 Å². The minimum absolute atomic E-state index is 0.0210. The average Bonchev–Trinajstić information content (AvgIpc) is 3.05. The van der Waals surface area contributed by atoms with Gasteiger partial charge in [0, 0.05) is 0 Å². The number of amides is 3. The summed E-state index contributed by atoms with van der Waals surface area (Å²) < 4.78 is 35.0. The van der Waals surface area contributed by atoms with E-state index in [-0.39, 0.29) is 18.1 Å². The summed E-state index contributed by atoms with van der Waals surface area (Å²) in [5, 5.41) is 16.6. The number of hydrogen-bond acceptors (Lipinski definition) is 10. The normalized spacial score (nSPS) is 12.9. The van der Waals surface area contributed by atoms with E-state index < -0.39 is 74.6 Å². The number of nitrogens with one attached hydrogen (secondary N) is 3. The minimum atomic E-state index is -4.50. The largest absolute Gasteiger partial charge is 0.588 e. The fourth-order valence-corrected chi connectivity index (χ4v) is 5.24. The lowest BCUT2D eigenvalue weighted by Gasteiger charge is -2.25. The van der Waals surface area contributed by atoms with Gasteiger partial charge in [-0.15, -0.1) is 0 Å². The summed E-state index contributed by atoms with van der Waals surface area (Å²) >= 11 is 0. The van der Waals surface area contributed by atoms with Crippen LogP contribution in [-0.2, 0) is 39.6 Å². The molecule has 3 rings (SSSR count). The van der Waals surface area contributed by atoms with Gasteiger partial charge < -0.3 is 34.8 Å². The van der Waals surface area contributed by atoms with Gasteiger partial charge in [-0.3, -0.25) is 23.7 Å². The molecule has 14 nitrogen and oxygen atoms in total. The first-order valence-corrected chi connectivity index (χ1v) is 16.4. The summed E-state index contributed by atoms with van der Waals surface area (Å²) in [4.78, 5) is 63.1. The van der Waals surface area contributed by atoms with Gasteiger partial charge in [0.25, 0.3) is 0 Å². The summed E-state index contributed by atoms with van der Waals surface area (Å²) in [6.45, 7) is 3.69. The maximum absolute atomic E-state index is 13.6. The number of phosphoric ester groups is 1. The van der Waals surface area contributed by atoms with Crippen molar-refractivity contribution in [3.63, 3.8) is 0 Å². The van der Waals surface area contributed by atoms with Gasteiger partial charge in [0.05, 0.1) is 6.42 Å². The highest BCUT2D eigenvalue weighted by Gasteiger charge is 2.35. The Morgan fingerprint density at radius 3 is 1.75 bits per heavy atom. The number of carboxylic acids is 1. The predicted molar refractivity (Wildman–Crippen MR) is 173 cm³/mol. The number of carbonyl (C=O) groups is 5. The molecule has 4 N–H and O–H groups in total. The van der Waals surface area contributed by atoms with Crippen LogP contribution in [0.4, 0.5) is 4.79 Å². The van der Waals surface area contributed by atoms with Gasteiger partial charge in [-0.05, 0) is 42.7 Å². The van der Waals surface area contributed by atoms with Crippen LogP contribution in [0.25, 0.3) is 0 Å². The zero-order valence-electron chi connectivity index (χ0n) is 26.6. The molecular formula is C33H38N3O11P. The highest BCUT2D eigenvalue weighted by molar-refractivity contribution is 7.49. The number of Topliss-reactive ketones (excluding diaryl/α,β-unsaturated/α-hetero) is 1. The number of alkyl carbamates (subject to hydrolysis) is 1. The molecule has 0 heterocycles. The topological polar surface area (TPSA) is 196 Å². The van der Waals surface area contributed by atoms with Crippen molar-refractivity contribution in [2.75, 3.05) is 6.61 Å². The van der Waals surface area contributed by atoms with E-state index in [0.29, 0.717) is 0 Å². The zero-order valence-corrected chi connectivity index (χ0v) is 27.5. The van der Waals surface area contributed by atoms with Crippen LogP contribution in [0.3, 0.4) is 0 Å². The van der Waals surface area contributed by atoms with Crippen LogP contribution in [0.5, 0.6) is 11.5 Å². The molecule has 15 heteroatoms. The molecule has 0 aromatic heterocycles. The van der Waals surface area contributed by atoms with Gasteiger partial charge >= 0.3 is 19.9 Å². The van der Waals surface area contributed by atoms with Crippen molar-refractivity contribution in [3.8, 4) is 11.5 Å². The molecule has 0 unspecified atom stereocenters. The SMILES string of the molecule is CC(C)[C@H](NC(=O)OCc1ccccc1)C(=O)N[C@@H](C)C(=O)N[C@@H](CC(=O)O)C(=O)COP(=O)(Oc1ccccc1)Oc1ccccc1. The Morgan fingerprint density at radius 1 is 0.729 bits per heavy atom. The van der Waals surface area contributed by atoms with Crippen molar-refractivity contribution in [3.05, 3.63) is 96.6 Å². The molecule has 3 amide bonds. The molecule has 3 aromatic carbocycles. The van der Waals surface area contributed by atoms with Crippen LogP contribution >= 0.6 is 7.82 Å². The number of phosphoric acid groups is 1. The Labute approximate surface area is 277 Å². The Hall–Kier alpha value is -5.20. The first kappa shape index (κ1) is 37.3. The van der Waals surface area contributed by atoms with E-state index in [0.717, 1.165) is 5.56 Å². The molecule has 0 radical (unpaired) electrons. The predicted octanol–water partition coefficient (Wildman–Crippen LogP) is 4.25. The number of para-hydroxylation sites is 2. The van der Waals surface area contributed by atoms with Crippen LogP contribution in [0.2, 0.25) is 0 Å². The molecule has 48 heavy (non-hydrogen) atoms. The molecule has 3 aromatic rings. The summed E-state index contributed by atoms with van der Waals surface area (Å²) in [6.07, 6.45) is -1.69. The molecule has 0 saturated heterocycles. The van der Waals surface area contributed by atoms with E-state index in [4.69, 9.17) is 18.3 Å². The fraction of sp³-hybridized carbons (Fsp3) is 0.303. The maximum Gasteiger partial charge on any atom is 0.588 e. The van der Waals surface area contributed by atoms with E-state index in [1.807, 2.05) is 6.07 Å². The second kappa shape index (κ2) is 18.2. The van der Waals surface area contributed by atoms with Crippen molar-refractivity contribution in [1.29, 1.82) is 0 Å². The monoisotopic (exact) mass is 683 g/mol. The third kappa shape index (κ3) is 12.5. The number of aliphatic carboxylic acids is 1. The molecule has 256 valence electrons. The van der Waals surface area contributed by atoms with Crippen LogP contribution in [0.15, 0.2) is 91.0 Å². The molecule has 0 aliphatic carbocycles. The molecule has 0 fully saturated rings. The maximum atomic E-state index is 13.6. The summed E-state index contributed by atoms with van der Waals surface area (Å²) in [7, 11) is -4.50. The van der Waals surface area contributed by atoms with Gasteiger partial charge in [0.15, 0.2) is 5.78 Å². The number of carboxylic acid groups (broad SMARTS) is 1. The van der Waals surface area contributed by atoms with Gasteiger partial charge in [-0.25, -0.2) is 9.36 Å². The van der Waals surface area contributed by atoms with E-state index in [2.05, 4.69) is 16.0 Å². The van der Waals surface area contributed by atoms with Crippen LogP contribution < -0.4 is 25.0 Å². The quantitative estimate of drug-likeness (QED) is 0.140. The van der Waals surface area contributed by atoms with Crippen LogP contribution in [0, 0.1) is 5.92 Å². The van der Waals surface area contributed by atoms with Crippen LogP contribution in [-0.4, -0.2) is 59.5 Å². The Morgan fingerprint density at radius 2 is 1.25 bits per heavy atom. The van der Waals surface area contributed by atoms with E-state index >= 15 is 0 Å². The average molecular weight is 684 g/mol. The van der Waals surface area contributed by atoms with Crippen LogP contribution in [0.1, 0.15) is 32.8 Å². The smallest absolute Gasteiger partial charge is 0.481 e. The summed E-state index contributed by atoms with van der Waals surface area (Å²) in [5.41, 5.74) is 0.745. The van der Waals surface area contributed by atoms with Gasteiger partial charge in [0.2, 0.25) is 11.8 Å². The highest BCUT2D eigenvalue weighted by atomic mass is 31.2. The van der Waals surface area contributed by atoms with Crippen molar-refractivity contribution >= 4 is 37.5 Å². The molecule has 0 spiro atoms. The first-order valence-electron chi connectivity index (χ1n) is 14.9. The van der Waals surface area contributed by atoms with Gasteiger partial charge in [-0.1, -0.05) is 80.6 Å².